The first-order valence-electron chi connectivity index (χ1n) is 7.86. The van der Waals surface area contributed by atoms with Gasteiger partial charge in [0.1, 0.15) is 5.75 Å². The fourth-order valence-electron chi connectivity index (χ4n) is 3.15. The average Bonchev–Trinajstić information content (AvgIpc) is 3.04. The van der Waals surface area contributed by atoms with Crippen molar-refractivity contribution in [2.24, 2.45) is 0 Å². The van der Waals surface area contributed by atoms with Gasteiger partial charge >= 0.3 is 0 Å². The van der Waals surface area contributed by atoms with Crippen LogP contribution in [0.2, 0.25) is 0 Å². The Balaban J connectivity index is 1.67. The van der Waals surface area contributed by atoms with Crippen molar-refractivity contribution in [2.45, 2.75) is 19.4 Å². The summed E-state index contributed by atoms with van der Waals surface area (Å²) >= 11 is 0. The fourth-order valence-corrected chi connectivity index (χ4v) is 3.15. The molecular formula is C18H24N2O. The van der Waals surface area contributed by atoms with Gasteiger partial charge in [0, 0.05) is 25.2 Å². The summed E-state index contributed by atoms with van der Waals surface area (Å²) in [5.74, 6) is 0.974. The first-order valence-corrected chi connectivity index (χ1v) is 7.86. The molecule has 3 rings (SSSR count). The first-order chi connectivity index (χ1) is 10.4. The molecule has 3 heteroatoms. The van der Waals surface area contributed by atoms with Crippen LogP contribution in [0.1, 0.15) is 18.4 Å². The molecule has 1 aliphatic heterocycles. The third kappa shape index (κ3) is 3.36. The molecule has 1 aliphatic rings. The molecule has 0 spiro atoms. The normalized spacial score (nSPS) is 15.7. The van der Waals surface area contributed by atoms with E-state index < -0.39 is 0 Å². The van der Waals surface area contributed by atoms with Crippen molar-refractivity contribution in [3.8, 4) is 5.75 Å². The lowest BCUT2D eigenvalue weighted by Gasteiger charge is -2.16. The Labute approximate surface area is 126 Å². The molecule has 3 nitrogen and oxygen atoms in total. The molecule has 0 radical (unpaired) electrons. The minimum absolute atomic E-state index is 0.859. The maximum atomic E-state index is 5.53. The van der Waals surface area contributed by atoms with E-state index in [9.17, 15) is 0 Å². The van der Waals surface area contributed by atoms with Crippen molar-refractivity contribution in [1.82, 2.24) is 10.2 Å². The minimum atomic E-state index is 0.859. The molecule has 1 fully saturated rings. The largest absolute Gasteiger partial charge is 0.496 e. The van der Waals surface area contributed by atoms with E-state index in [1.165, 1.54) is 42.3 Å². The lowest BCUT2D eigenvalue weighted by atomic mass is 10.0. The van der Waals surface area contributed by atoms with Crippen LogP contribution in [0, 0.1) is 0 Å². The predicted molar refractivity (Wildman–Crippen MR) is 87.9 cm³/mol. The SMILES string of the molecule is COc1ccc2ccccc2c1CNCCN1CCCC1. The zero-order valence-electron chi connectivity index (χ0n) is 12.8. The summed E-state index contributed by atoms with van der Waals surface area (Å²) in [6.07, 6.45) is 2.72. The van der Waals surface area contributed by atoms with E-state index in [4.69, 9.17) is 4.74 Å². The van der Waals surface area contributed by atoms with E-state index in [0.29, 0.717) is 0 Å². The van der Waals surface area contributed by atoms with E-state index in [1.807, 2.05) is 0 Å². The third-order valence-corrected chi connectivity index (χ3v) is 4.32. The van der Waals surface area contributed by atoms with Crippen molar-refractivity contribution in [2.75, 3.05) is 33.3 Å². The number of fused-ring (bicyclic) bond motifs is 1. The first kappa shape index (κ1) is 14.4. The zero-order valence-corrected chi connectivity index (χ0v) is 12.8. The zero-order chi connectivity index (χ0) is 14.5. The molecule has 1 saturated heterocycles. The summed E-state index contributed by atoms with van der Waals surface area (Å²) in [7, 11) is 1.75. The van der Waals surface area contributed by atoms with Gasteiger partial charge in [-0.25, -0.2) is 0 Å². The fraction of sp³-hybridized carbons (Fsp3) is 0.444. The standard InChI is InChI=1S/C18H24N2O/c1-21-18-9-8-15-6-2-3-7-16(15)17(18)14-19-10-13-20-11-4-5-12-20/h2-3,6-9,19H,4-5,10-14H2,1H3. The average molecular weight is 284 g/mol. The van der Waals surface area contributed by atoms with E-state index in [1.54, 1.807) is 7.11 Å². The second kappa shape index (κ2) is 6.92. The molecule has 0 saturated carbocycles. The second-order valence-electron chi connectivity index (χ2n) is 5.69. The number of benzene rings is 2. The van der Waals surface area contributed by atoms with Crippen molar-refractivity contribution < 1.29 is 4.74 Å². The highest BCUT2D eigenvalue weighted by atomic mass is 16.5. The molecule has 112 valence electrons. The number of likely N-dealkylation sites (tertiary alicyclic amines) is 1. The summed E-state index contributed by atoms with van der Waals surface area (Å²) in [5.41, 5.74) is 1.26. The highest BCUT2D eigenvalue weighted by molar-refractivity contribution is 5.87. The molecule has 2 aromatic rings. The molecule has 0 unspecified atom stereocenters. The van der Waals surface area contributed by atoms with Crippen LogP contribution in [0.3, 0.4) is 0 Å². The molecule has 0 atom stereocenters. The van der Waals surface area contributed by atoms with Gasteiger partial charge in [-0.3, -0.25) is 0 Å². The third-order valence-electron chi connectivity index (χ3n) is 4.32. The summed E-state index contributed by atoms with van der Waals surface area (Å²) in [6.45, 7) is 5.57. The molecule has 0 amide bonds. The van der Waals surface area contributed by atoms with E-state index in [0.717, 1.165) is 25.4 Å². The maximum absolute atomic E-state index is 5.53. The van der Waals surface area contributed by atoms with Gasteiger partial charge in [0.05, 0.1) is 7.11 Å². The Kier molecular flexibility index (Phi) is 4.73. The molecular weight excluding hydrogens is 260 g/mol. The van der Waals surface area contributed by atoms with Crippen molar-refractivity contribution in [1.29, 1.82) is 0 Å². The summed E-state index contributed by atoms with van der Waals surface area (Å²) in [4.78, 5) is 2.54. The number of nitrogens with zero attached hydrogens (tertiary/aromatic N) is 1. The quantitative estimate of drug-likeness (QED) is 0.825. The summed E-state index contributed by atoms with van der Waals surface area (Å²) < 4.78 is 5.53. The van der Waals surface area contributed by atoms with E-state index in [-0.39, 0.29) is 0 Å². The van der Waals surface area contributed by atoms with Gasteiger partial charge < -0.3 is 15.0 Å². The highest BCUT2D eigenvalue weighted by Gasteiger charge is 2.11. The number of ether oxygens (including phenoxy) is 1. The number of rotatable bonds is 6. The van der Waals surface area contributed by atoms with Gasteiger partial charge in [-0.1, -0.05) is 30.3 Å². The van der Waals surface area contributed by atoms with Crippen molar-refractivity contribution in [3.63, 3.8) is 0 Å². The number of hydrogen-bond donors (Lipinski definition) is 1. The molecule has 1 N–H and O–H groups in total. The number of hydrogen-bond acceptors (Lipinski definition) is 3. The Hall–Kier alpha value is -1.58. The van der Waals surface area contributed by atoms with Crippen LogP contribution in [-0.4, -0.2) is 38.2 Å². The Morgan fingerprint density at radius 2 is 1.90 bits per heavy atom. The van der Waals surface area contributed by atoms with Crippen LogP contribution in [0.5, 0.6) is 5.75 Å². The smallest absolute Gasteiger partial charge is 0.123 e. The van der Waals surface area contributed by atoms with Gasteiger partial charge in [0.2, 0.25) is 0 Å². The monoisotopic (exact) mass is 284 g/mol. The lowest BCUT2D eigenvalue weighted by Crippen LogP contribution is -2.29. The second-order valence-corrected chi connectivity index (χ2v) is 5.69. The number of nitrogens with one attached hydrogen (secondary N) is 1. The molecule has 0 aliphatic carbocycles. The van der Waals surface area contributed by atoms with Gasteiger partial charge in [0.15, 0.2) is 0 Å². The van der Waals surface area contributed by atoms with Crippen molar-refractivity contribution >= 4 is 10.8 Å². The highest BCUT2D eigenvalue weighted by Crippen LogP contribution is 2.27. The van der Waals surface area contributed by atoms with E-state index >= 15 is 0 Å². The summed E-state index contributed by atoms with van der Waals surface area (Å²) in [5, 5.41) is 6.13. The molecule has 2 aromatic carbocycles. The van der Waals surface area contributed by atoms with Crippen LogP contribution in [0.25, 0.3) is 10.8 Å². The topological polar surface area (TPSA) is 24.5 Å². The van der Waals surface area contributed by atoms with Gasteiger partial charge in [0.25, 0.3) is 0 Å². The van der Waals surface area contributed by atoms with Crippen LogP contribution in [0.15, 0.2) is 36.4 Å². The molecule has 0 aromatic heterocycles. The Bertz CT molecular complexity index is 591. The van der Waals surface area contributed by atoms with Crippen LogP contribution < -0.4 is 10.1 Å². The Morgan fingerprint density at radius 3 is 2.71 bits per heavy atom. The molecule has 1 heterocycles. The van der Waals surface area contributed by atoms with Gasteiger partial charge in [-0.15, -0.1) is 0 Å². The predicted octanol–water partition coefficient (Wildman–Crippen LogP) is 3.03. The van der Waals surface area contributed by atoms with E-state index in [2.05, 4.69) is 46.6 Å². The van der Waals surface area contributed by atoms with Gasteiger partial charge in [-0.2, -0.15) is 0 Å². The lowest BCUT2D eigenvalue weighted by molar-refractivity contribution is 0.335. The summed E-state index contributed by atoms with van der Waals surface area (Å²) in [6, 6.07) is 12.7. The molecule has 0 bridgehead atoms. The minimum Gasteiger partial charge on any atom is -0.496 e. The molecule has 21 heavy (non-hydrogen) atoms. The number of methoxy groups -OCH3 is 1. The van der Waals surface area contributed by atoms with Crippen LogP contribution in [0.4, 0.5) is 0 Å². The maximum Gasteiger partial charge on any atom is 0.123 e. The van der Waals surface area contributed by atoms with Gasteiger partial charge in [-0.05, 0) is 42.8 Å². The van der Waals surface area contributed by atoms with Crippen LogP contribution in [-0.2, 0) is 6.54 Å². The van der Waals surface area contributed by atoms with Crippen LogP contribution >= 0.6 is 0 Å². The Morgan fingerprint density at radius 1 is 1.10 bits per heavy atom. The van der Waals surface area contributed by atoms with Crippen molar-refractivity contribution in [3.05, 3.63) is 42.0 Å².